The number of carbonyl (C=O) groups excluding carboxylic acids is 4. The van der Waals surface area contributed by atoms with Crippen molar-refractivity contribution in [1.82, 2.24) is 10.6 Å². The fourth-order valence-corrected chi connectivity index (χ4v) is 2.85. The molecule has 6 nitrogen and oxygen atoms in total. The highest BCUT2D eigenvalue weighted by molar-refractivity contribution is 5.99. The Kier molecular flexibility index (Phi) is 4.55. The van der Waals surface area contributed by atoms with Crippen LogP contribution in [0.15, 0.2) is 11.8 Å². The molecule has 6 heteroatoms. The Labute approximate surface area is 123 Å². The lowest BCUT2D eigenvalue weighted by molar-refractivity contribution is -0.135. The molecule has 2 unspecified atom stereocenters. The van der Waals surface area contributed by atoms with E-state index in [1.807, 2.05) is 13.8 Å². The van der Waals surface area contributed by atoms with Crippen molar-refractivity contribution in [2.75, 3.05) is 0 Å². The second-order valence-corrected chi connectivity index (χ2v) is 6.04. The first-order valence-corrected chi connectivity index (χ1v) is 7.23. The van der Waals surface area contributed by atoms with Crippen LogP contribution < -0.4 is 10.6 Å². The number of ketones is 1. The van der Waals surface area contributed by atoms with Crippen LogP contribution >= 0.6 is 0 Å². The summed E-state index contributed by atoms with van der Waals surface area (Å²) >= 11 is 0. The number of nitrogens with one attached hydrogen (secondary N) is 2. The molecule has 0 radical (unpaired) electrons. The van der Waals surface area contributed by atoms with Crippen LogP contribution in [-0.2, 0) is 19.2 Å². The number of imide groups is 1. The van der Waals surface area contributed by atoms with Crippen molar-refractivity contribution in [1.29, 1.82) is 0 Å². The number of rotatable bonds is 3. The lowest BCUT2D eigenvalue weighted by atomic mass is 9.87. The highest BCUT2D eigenvalue weighted by atomic mass is 16.2. The Morgan fingerprint density at radius 3 is 2.33 bits per heavy atom. The van der Waals surface area contributed by atoms with Crippen LogP contribution in [0.1, 0.15) is 39.5 Å². The van der Waals surface area contributed by atoms with Gasteiger partial charge in [0, 0.05) is 37.0 Å². The van der Waals surface area contributed by atoms with Crippen LogP contribution in [0.25, 0.3) is 0 Å². The normalized spacial score (nSPS) is 29.2. The van der Waals surface area contributed by atoms with Crippen LogP contribution in [0.2, 0.25) is 0 Å². The Balaban J connectivity index is 1.97. The van der Waals surface area contributed by atoms with E-state index in [0.717, 1.165) is 6.42 Å². The second-order valence-electron chi connectivity index (χ2n) is 6.04. The van der Waals surface area contributed by atoms with Gasteiger partial charge in [-0.25, -0.2) is 0 Å². The first kappa shape index (κ1) is 15.4. The molecule has 2 saturated heterocycles. The predicted molar refractivity (Wildman–Crippen MR) is 74.7 cm³/mol. The van der Waals surface area contributed by atoms with Gasteiger partial charge in [0.05, 0.1) is 0 Å². The molecule has 2 atom stereocenters. The van der Waals surface area contributed by atoms with E-state index in [1.165, 1.54) is 6.08 Å². The molecule has 0 spiro atoms. The zero-order chi connectivity index (χ0) is 15.6. The summed E-state index contributed by atoms with van der Waals surface area (Å²) in [5, 5.41) is 4.98. The number of hydrogen-bond acceptors (Lipinski definition) is 4. The molecule has 0 saturated carbocycles. The van der Waals surface area contributed by atoms with E-state index < -0.39 is 0 Å². The Hall–Kier alpha value is -1.98. The van der Waals surface area contributed by atoms with E-state index in [1.54, 1.807) is 0 Å². The summed E-state index contributed by atoms with van der Waals surface area (Å²) in [5.41, 5.74) is 0.634. The van der Waals surface area contributed by atoms with E-state index in [-0.39, 0.29) is 60.5 Å². The fourth-order valence-electron chi connectivity index (χ4n) is 2.85. The first-order valence-electron chi connectivity index (χ1n) is 7.23. The van der Waals surface area contributed by atoms with Gasteiger partial charge in [0.15, 0.2) is 5.78 Å². The number of carbonyl (C=O) groups is 4. The number of allylic oxidation sites excluding steroid dienone is 2. The molecule has 0 aromatic rings. The molecular weight excluding hydrogens is 272 g/mol. The zero-order valence-electron chi connectivity index (χ0n) is 12.3. The van der Waals surface area contributed by atoms with E-state index in [9.17, 15) is 19.2 Å². The molecule has 0 aliphatic carbocycles. The van der Waals surface area contributed by atoms with Crippen molar-refractivity contribution < 1.29 is 19.2 Å². The Bertz CT molecular complexity index is 508. The van der Waals surface area contributed by atoms with E-state index in [0.29, 0.717) is 5.70 Å². The third-order valence-electron chi connectivity index (χ3n) is 3.99. The van der Waals surface area contributed by atoms with Crippen molar-refractivity contribution in [3.8, 4) is 0 Å². The molecule has 3 amide bonds. The summed E-state index contributed by atoms with van der Waals surface area (Å²) in [4.78, 5) is 46.2. The monoisotopic (exact) mass is 292 g/mol. The van der Waals surface area contributed by atoms with Crippen molar-refractivity contribution in [2.24, 2.45) is 17.8 Å². The van der Waals surface area contributed by atoms with Gasteiger partial charge in [0.2, 0.25) is 17.7 Å². The average molecular weight is 292 g/mol. The van der Waals surface area contributed by atoms with Gasteiger partial charge in [-0.15, -0.1) is 0 Å². The van der Waals surface area contributed by atoms with Gasteiger partial charge >= 0.3 is 0 Å². The van der Waals surface area contributed by atoms with Crippen molar-refractivity contribution in [3.63, 3.8) is 0 Å². The van der Waals surface area contributed by atoms with Crippen LogP contribution in [0.3, 0.4) is 0 Å². The Morgan fingerprint density at radius 2 is 1.71 bits per heavy atom. The largest absolute Gasteiger partial charge is 0.329 e. The summed E-state index contributed by atoms with van der Waals surface area (Å²) in [5.74, 6) is -1.05. The maximum absolute atomic E-state index is 12.1. The number of hydrogen-bond donors (Lipinski definition) is 2. The molecule has 2 aliphatic rings. The van der Waals surface area contributed by atoms with Crippen LogP contribution in [0.5, 0.6) is 0 Å². The molecule has 2 rings (SSSR count). The van der Waals surface area contributed by atoms with Crippen LogP contribution in [0, 0.1) is 17.8 Å². The third-order valence-corrected chi connectivity index (χ3v) is 3.99. The van der Waals surface area contributed by atoms with Crippen molar-refractivity contribution in [2.45, 2.75) is 39.5 Å². The van der Waals surface area contributed by atoms with Crippen molar-refractivity contribution >= 4 is 23.5 Å². The molecule has 2 fully saturated rings. The summed E-state index contributed by atoms with van der Waals surface area (Å²) < 4.78 is 0. The molecule has 0 bridgehead atoms. The molecule has 0 aromatic heterocycles. The van der Waals surface area contributed by atoms with Gasteiger partial charge in [-0.3, -0.25) is 24.5 Å². The fraction of sp³-hybridized carbons (Fsp3) is 0.600. The third kappa shape index (κ3) is 4.00. The van der Waals surface area contributed by atoms with Crippen LogP contribution in [-0.4, -0.2) is 23.5 Å². The lowest BCUT2D eigenvalue weighted by Crippen LogP contribution is -2.39. The van der Waals surface area contributed by atoms with Gasteiger partial charge in [-0.2, -0.15) is 0 Å². The van der Waals surface area contributed by atoms with Gasteiger partial charge in [-0.05, 0) is 18.3 Å². The average Bonchev–Trinajstić information content (AvgIpc) is 2.34. The zero-order valence-corrected chi connectivity index (χ0v) is 12.3. The number of amides is 3. The summed E-state index contributed by atoms with van der Waals surface area (Å²) in [6, 6.07) is 0. The number of piperidine rings is 2. The van der Waals surface area contributed by atoms with Gasteiger partial charge in [0.1, 0.15) is 0 Å². The maximum Gasteiger partial charge on any atom is 0.226 e. The van der Waals surface area contributed by atoms with Crippen molar-refractivity contribution in [3.05, 3.63) is 11.8 Å². The Morgan fingerprint density at radius 1 is 1.10 bits per heavy atom. The molecular formula is C15H20N2O4. The molecule has 2 heterocycles. The molecule has 21 heavy (non-hydrogen) atoms. The van der Waals surface area contributed by atoms with E-state index in [2.05, 4.69) is 10.6 Å². The minimum atomic E-state index is -0.329. The van der Waals surface area contributed by atoms with Gasteiger partial charge in [-0.1, -0.05) is 13.8 Å². The summed E-state index contributed by atoms with van der Waals surface area (Å²) in [6.07, 6.45) is 2.71. The van der Waals surface area contributed by atoms with Gasteiger partial charge in [0.25, 0.3) is 0 Å². The minimum Gasteiger partial charge on any atom is -0.329 e. The standard InChI is InChI=1S/C15H20N2O4/c1-8-3-9(2)15(21)16-12(8)7-11(18)4-10-5-13(19)17-14(20)6-10/h7-10H,3-6H2,1-2H3,(H,16,21)(H,17,19,20)/b12-7+. The smallest absolute Gasteiger partial charge is 0.226 e. The summed E-state index contributed by atoms with van der Waals surface area (Å²) in [7, 11) is 0. The highest BCUT2D eigenvalue weighted by Crippen LogP contribution is 2.25. The lowest BCUT2D eigenvalue weighted by Gasteiger charge is -2.27. The second kappa shape index (κ2) is 6.20. The molecule has 2 aliphatic heterocycles. The van der Waals surface area contributed by atoms with Gasteiger partial charge < -0.3 is 5.32 Å². The molecule has 2 N–H and O–H groups in total. The van der Waals surface area contributed by atoms with E-state index >= 15 is 0 Å². The molecule has 0 aromatic carbocycles. The quantitative estimate of drug-likeness (QED) is 0.591. The predicted octanol–water partition coefficient (Wildman–Crippen LogP) is 0.674. The topological polar surface area (TPSA) is 92.3 Å². The summed E-state index contributed by atoms with van der Waals surface area (Å²) in [6.45, 7) is 3.82. The molecule has 114 valence electrons. The highest BCUT2D eigenvalue weighted by Gasteiger charge is 2.29. The maximum atomic E-state index is 12.1. The first-order chi connectivity index (χ1) is 9.85. The minimum absolute atomic E-state index is 0.0492. The van der Waals surface area contributed by atoms with Crippen LogP contribution in [0.4, 0.5) is 0 Å². The van der Waals surface area contributed by atoms with E-state index in [4.69, 9.17) is 0 Å². The SMILES string of the molecule is CC1CC(C)/C(=C\C(=O)CC2CC(=O)NC(=O)C2)NC1=O.